The van der Waals surface area contributed by atoms with Crippen LogP contribution in [0.25, 0.3) is 0 Å². The summed E-state index contributed by atoms with van der Waals surface area (Å²) in [7, 11) is 0. The molecule has 0 N–H and O–H groups in total. The van der Waals surface area contributed by atoms with E-state index in [1.54, 1.807) is 0 Å². The molecule has 0 aliphatic carbocycles. The molecule has 92 valence electrons. The molecule has 0 aromatic heterocycles. The van der Waals surface area contributed by atoms with E-state index in [0.29, 0.717) is 6.10 Å². The quantitative estimate of drug-likeness (QED) is 0.736. The zero-order valence-electron chi connectivity index (χ0n) is 10.7. The van der Waals surface area contributed by atoms with Crippen LogP contribution in [-0.2, 0) is 9.47 Å². The van der Waals surface area contributed by atoms with E-state index < -0.39 is 0 Å². The Labute approximate surface area is 99.6 Å². The molecule has 1 aromatic rings. The number of benzene rings is 1. The van der Waals surface area contributed by atoms with Crippen LogP contribution in [0.1, 0.15) is 27.2 Å². The second-order valence-electron chi connectivity index (χ2n) is 3.30. The van der Waals surface area contributed by atoms with Crippen LogP contribution in [0.4, 0.5) is 0 Å². The summed E-state index contributed by atoms with van der Waals surface area (Å²) in [6, 6.07) is 12.0. The molecule has 0 heterocycles. The van der Waals surface area contributed by atoms with Crippen molar-refractivity contribution in [2.45, 2.75) is 33.3 Å². The molecule has 0 radical (unpaired) electrons. The molecule has 1 unspecified atom stereocenters. The molecule has 2 heteroatoms. The third-order valence-corrected chi connectivity index (χ3v) is 2.03. The average Bonchev–Trinajstić information content (AvgIpc) is 2.37. The van der Waals surface area contributed by atoms with Gasteiger partial charge in [-0.05, 0) is 20.3 Å². The molecule has 0 spiro atoms. The van der Waals surface area contributed by atoms with Gasteiger partial charge in [-0.2, -0.15) is 0 Å². The maximum Gasteiger partial charge on any atom is 0.0805 e. The largest absolute Gasteiger partial charge is 0.379 e. The fourth-order valence-electron chi connectivity index (χ4n) is 1.15. The Morgan fingerprint density at radius 3 is 1.62 bits per heavy atom. The lowest BCUT2D eigenvalue weighted by Crippen LogP contribution is -2.18. The monoisotopic (exact) mass is 224 g/mol. The van der Waals surface area contributed by atoms with Gasteiger partial charge in [0.05, 0.1) is 12.7 Å². The highest BCUT2D eigenvalue weighted by molar-refractivity contribution is 4.99. The summed E-state index contributed by atoms with van der Waals surface area (Å²) in [6.45, 7) is 8.42. The third-order valence-electron chi connectivity index (χ3n) is 2.03. The minimum Gasteiger partial charge on any atom is -0.379 e. The lowest BCUT2D eigenvalue weighted by Gasteiger charge is -2.13. The van der Waals surface area contributed by atoms with Crippen LogP contribution < -0.4 is 0 Å². The Morgan fingerprint density at radius 1 is 0.812 bits per heavy atom. The van der Waals surface area contributed by atoms with Crippen molar-refractivity contribution in [1.82, 2.24) is 0 Å². The van der Waals surface area contributed by atoms with Crippen molar-refractivity contribution < 1.29 is 9.47 Å². The van der Waals surface area contributed by atoms with Crippen LogP contribution in [0.3, 0.4) is 0 Å². The zero-order chi connectivity index (χ0) is 12.1. The summed E-state index contributed by atoms with van der Waals surface area (Å²) in [6.07, 6.45) is 1.33. The highest BCUT2D eigenvalue weighted by atomic mass is 16.5. The summed E-state index contributed by atoms with van der Waals surface area (Å²) < 4.78 is 10.6. The Morgan fingerprint density at radius 2 is 1.31 bits per heavy atom. The first-order valence-electron chi connectivity index (χ1n) is 6.04. The van der Waals surface area contributed by atoms with Crippen LogP contribution >= 0.6 is 0 Å². The molecule has 0 saturated carbocycles. The van der Waals surface area contributed by atoms with E-state index in [1.807, 2.05) is 50.2 Å². The van der Waals surface area contributed by atoms with Gasteiger partial charge >= 0.3 is 0 Å². The van der Waals surface area contributed by atoms with E-state index >= 15 is 0 Å². The Kier molecular flexibility index (Phi) is 11.6. The van der Waals surface area contributed by atoms with E-state index in [2.05, 4.69) is 6.92 Å². The normalized spacial score (nSPS) is 11.4. The highest BCUT2D eigenvalue weighted by Gasteiger charge is 2.03. The fraction of sp³-hybridized carbons (Fsp3) is 0.571. The summed E-state index contributed by atoms with van der Waals surface area (Å²) >= 11 is 0. The van der Waals surface area contributed by atoms with E-state index in [0.717, 1.165) is 26.2 Å². The molecule has 0 saturated heterocycles. The second kappa shape index (κ2) is 12.2. The van der Waals surface area contributed by atoms with Crippen molar-refractivity contribution in [3.8, 4) is 0 Å². The topological polar surface area (TPSA) is 18.5 Å². The molecule has 1 atom stereocenters. The van der Waals surface area contributed by atoms with Crippen LogP contribution in [0.2, 0.25) is 0 Å². The van der Waals surface area contributed by atoms with E-state index in [1.165, 1.54) is 0 Å². The standard InChI is InChI=1S/C8H18O2.C6H6/c1-4-8(10-6-3)7-9-5-2;1-2-4-6-5-3-1/h8H,4-7H2,1-3H3;1-6H. The number of rotatable bonds is 6. The van der Waals surface area contributed by atoms with Gasteiger partial charge in [0.1, 0.15) is 0 Å². The van der Waals surface area contributed by atoms with Crippen LogP contribution in [-0.4, -0.2) is 25.9 Å². The number of hydrogen-bond donors (Lipinski definition) is 0. The maximum absolute atomic E-state index is 5.37. The van der Waals surface area contributed by atoms with E-state index in [9.17, 15) is 0 Å². The third kappa shape index (κ3) is 9.69. The molecule has 0 aliphatic heterocycles. The van der Waals surface area contributed by atoms with E-state index in [4.69, 9.17) is 9.47 Å². The predicted molar refractivity (Wildman–Crippen MR) is 68.6 cm³/mol. The molecular weight excluding hydrogens is 200 g/mol. The molecule has 1 aromatic carbocycles. The highest BCUT2D eigenvalue weighted by Crippen LogP contribution is 1.97. The smallest absolute Gasteiger partial charge is 0.0805 e. The molecular formula is C14H24O2. The Hall–Kier alpha value is -0.860. The minimum absolute atomic E-state index is 0.296. The van der Waals surface area contributed by atoms with Gasteiger partial charge in [-0.1, -0.05) is 43.3 Å². The van der Waals surface area contributed by atoms with E-state index in [-0.39, 0.29) is 0 Å². The summed E-state index contributed by atoms with van der Waals surface area (Å²) in [4.78, 5) is 0. The van der Waals surface area contributed by atoms with Crippen molar-refractivity contribution in [2.24, 2.45) is 0 Å². The number of ether oxygens (including phenoxy) is 2. The molecule has 0 fully saturated rings. The van der Waals surface area contributed by atoms with Crippen LogP contribution in [0.15, 0.2) is 36.4 Å². The maximum atomic E-state index is 5.37. The van der Waals surface area contributed by atoms with Crippen molar-refractivity contribution in [1.29, 1.82) is 0 Å². The second-order valence-corrected chi connectivity index (χ2v) is 3.30. The molecule has 0 amide bonds. The minimum atomic E-state index is 0.296. The summed E-state index contributed by atoms with van der Waals surface area (Å²) in [5, 5.41) is 0. The van der Waals surface area contributed by atoms with Gasteiger partial charge in [0.15, 0.2) is 0 Å². The molecule has 0 aliphatic rings. The van der Waals surface area contributed by atoms with Gasteiger partial charge in [0, 0.05) is 13.2 Å². The van der Waals surface area contributed by atoms with Crippen molar-refractivity contribution in [3.63, 3.8) is 0 Å². The van der Waals surface area contributed by atoms with Gasteiger partial charge in [-0.25, -0.2) is 0 Å². The first kappa shape index (κ1) is 15.1. The summed E-state index contributed by atoms with van der Waals surface area (Å²) in [5.41, 5.74) is 0. The first-order valence-corrected chi connectivity index (χ1v) is 6.04. The van der Waals surface area contributed by atoms with Gasteiger partial charge in [0.2, 0.25) is 0 Å². The average molecular weight is 224 g/mol. The van der Waals surface area contributed by atoms with Crippen molar-refractivity contribution in [2.75, 3.05) is 19.8 Å². The first-order chi connectivity index (χ1) is 7.85. The molecule has 2 nitrogen and oxygen atoms in total. The Bertz CT molecular complexity index is 185. The zero-order valence-corrected chi connectivity index (χ0v) is 10.7. The van der Waals surface area contributed by atoms with Crippen LogP contribution in [0.5, 0.6) is 0 Å². The lowest BCUT2D eigenvalue weighted by molar-refractivity contribution is -0.00979. The predicted octanol–water partition coefficient (Wildman–Crippen LogP) is 3.52. The summed E-state index contributed by atoms with van der Waals surface area (Å²) in [5.74, 6) is 0. The van der Waals surface area contributed by atoms with Gasteiger partial charge in [0.25, 0.3) is 0 Å². The molecule has 1 rings (SSSR count). The lowest BCUT2D eigenvalue weighted by atomic mass is 10.3. The molecule has 16 heavy (non-hydrogen) atoms. The van der Waals surface area contributed by atoms with Gasteiger partial charge in [-0.15, -0.1) is 0 Å². The van der Waals surface area contributed by atoms with Crippen molar-refractivity contribution >= 4 is 0 Å². The number of hydrogen-bond acceptors (Lipinski definition) is 2. The fourth-order valence-corrected chi connectivity index (χ4v) is 1.15. The SMILES string of the molecule is CCOCC(CC)OCC.c1ccccc1. The van der Waals surface area contributed by atoms with Crippen LogP contribution in [0, 0.1) is 0 Å². The molecule has 0 bridgehead atoms. The van der Waals surface area contributed by atoms with Gasteiger partial charge < -0.3 is 9.47 Å². The van der Waals surface area contributed by atoms with Crippen molar-refractivity contribution in [3.05, 3.63) is 36.4 Å². The Balaban J connectivity index is 0.000000315. The van der Waals surface area contributed by atoms with Gasteiger partial charge in [-0.3, -0.25) is 0 Å².